The second-order valence-corrected chi connectivity index (χ2v) is 17.0. The van der Waals surface area contributed by atoms with Crippen LogP contribution in [0.25, 0.3) is 21.9 Å². The molecule has 0 fully saturated rings. The third-order valence-corrected chi connectivity index (χ3v) is 13.8. The van der Waals surface area contributed by atoms with Crippen LogP contribution in [0.4, 0.5) is 0 Å². The van der Waals surface area contributed by atoms with Crippen LogP contribution in [0.1, 0.15) is 48.7 Å². The predicted molar refractivity (Wildman–Crippen MR) is 238 cm³/mol. The monoisotopic (exact) mass is 838 g/mol. The summed E-state index contributed by atoms with van der Waals surface area (Å²) in [6.45, 7) is -0.172. The van der Waals surface area contributed by atoms with Gasteiger partial charge in [-0.05, 0) is 35.4 Å². The molecular formula is C45H26O5S6. The Morgan fingerprint density at radius 3 is 1.39 bits per heavy atom. The van der Waals surface area contributed by atoms with Crippen molar-refractivity contribution in [2.45, 2.75) is 18.8 Å². The minimum absolute atomic E-state index is 0.0861. The van der Waals surface area contributed by atoms with Crippen molar-refractivity contribution in [3.63, 3.8) is 0 Å². The fourth-order valence-electron chi connectivity index (χ4n) is 6.96. The number of carbonyl (C=O) groups is 2. The van der Waals surface area contributed by atoms with Crippen molar-refractivity contribution < 1.29 is 23.8 Å². The Morgan fingerprint density at radius 1 is 0.554 bits per heavy atom. The van der Waals surface area contributed by atoms with E-state index in [1.807, 2.05) is 127 Å². The molecule has 11 heteroatoms. The molecule has 4 aromatic carbocycles. The van der Waals surface area contributed by atoms with Gasteiger partial charge in [0.15, 0.2) is 0 Å². The largest absolute Gasteiger partial charge is 0.458 e. The van der Waals surface area contributed by atoms with Gasteiger partial charge in [-0.1, -0.05) is 158 Å². The Kier molecular flexibility index (Phi) is 9.61. The van der Waals surface area contributed by atoms with Crippen LogP contribution in [0.5, 0.6) is 5.75 Å². The van der Waals surface area contributed by atoms with Crippen LogP contribution in [0.15, 0.2) is 132 Å². The molecule has 9 rings (SSSR count). The lowest BCUT2D eigenvalue weighted by Gasteiger charge is -2.33. The molecule has 0 bridgehead atoms. The van der Waals surface area contributed by atoms with Gasteiger partial charge in [-0.2, -0.15) is 0 Å². The number of thiocarbonyl (C=S) groups is 4. The van der Waals surface area contributed by atoms with E-state index in [0.717, 1.165) is 59.2 Å². The second kappa shape index (κ2) is 14.7. The summed E-state index contributed by atoms with van der Waals surface area (Å²) in [6.07, 6.45) is 3.87. The van der Waals surface area contributed by atoms with Gasteiger partial charge in [0.25, 0.3) is 0 Å². The van der Waals surface area contributed by atoms with E-state index in [1.54, 1.807) is 6.07 Å². The Hall–Kier alpha value is -5.14. The lowest BCUT2D eigenvalue weighted by atomic mass is 9.90. The summed E-state index contributed by atoms with van der Waals surface area (Å²) in [6, 6.07) is 37.7. The summed E-state index contributed by atoms with van der Waals surface area (Å²) in [5.74, 6) is -1.47. The lowest BCUT2D eigenvalue weighted by molar-refractivity contribution is -0.183. The average Bonchev–Trinajstić information content (AvgIpc) is 3.97. The zero-order valence-corrected chi connectivity index (χ0v) is 34.0. The normalized spacial score (nSPS) is 14.7. The Bertz CT molecular complexity index is 2610. The van der Waals surface area contributed by atoms with Gasteiger partial charge < -0.3 is 14.2 Å². The number of rotatable bonds is 8. The molecule has 0 unspecified atom stereocenters. The van der Waals surface area contributed by atoms with Gasteiger partial charge in [0.1, 0.15) is 19.0 Å². The molecule has 0 spiro atoms. The Balaban J connectivity index is 1.18. The van der Waals surface area contributed by atoms with Crippen molar-refractivity contribution in [2.75, 3.05) is 0 Å². The molecular weight excluding hydrogens is 813 g/mol. The Morgan fingerprint density at radius 2 is 0.946 bits per heavy atom. The van der Waals surface area contributed by atoms with E-state index in [1.165, 1.54) is 22.7 Å². The summed E-state index contributed by atoms with van der Waals surface area (Å²) in [7, 11) is 0. The van der Waals surface area contributed by atoms with E-state index >= 15 is 0 Å². The van der Waals surface area contributed by atoms with E-state index in [0.29, 0.717) is 35.6 Å². The second-order valence-electron chi connectivity index (χ2n) is 13.2. The highest BCUT2D eigenvalue weighted by molar-refractivity contribution is 7.84. The van der Waals surface area contributed by atoms with Gasteiger partial charge in [-0.3, -0.25) is 0 Å². The van der Waals surface area contributed by atoms with Crippen molar-refractivity contribution in [3.8, 4) is 15.5 Å². The maximum atomic E-state index is 14.7. The lowest BCUT2D eigenvalue weighted by Crippen LogP contribution is -2.52. The number of hydrogen-bond acceptors (Lipinski definition) is 11. The van der Waals surface area contributed by atoms with Crippen molar-refractivity contribution in [3.05, 3.63) is 181 Å². The third kappa shape index (κ3) is 6.25. The standard InChI is InChI=1S/C45H26O5S6/c46-43(48-23-25-11-3-1-4-12-25)45(44(47)49-24-26-13-5-2-6-14-26)35-21-27(19-33-37(51)29-15-7-8-16-30(29)38(33)52)55-41(35)42-36(50-45)22-28(56-42)20-34-39(53)31-17-9-10-18-32(31)40(34)54/h1-22H,23-24H2. The quantitative estimate of drug-likeness (QED) is 0.0645. The average molecular weight is 839 g/mol. The zero-order chi connectivity index (χ0) is 38.6. The summed E-state index contributed by atoms with van der Waals surface area (Å²) in [5.41, 5.74) is 4.61. The first-order valence-electron chi connectivity index (χ1n) is 17.4. The molecule has 2 aromatic heterocycles. The van der Waals surface area contributed by atoms with Crippen LogP contribution < -0.4 is 4.74 Å². The van der Waals surface area contributed by atoms with E-state index in [9.17, 15) is 9.59 Å². The van der Waals surface area contributed by atoms with Crippen molar-refractivity contribution in [1.29, 1.82) is 0 Å². The SMILES string of the molecule is O=C(OCc1ccccc1)C1(C(=O)OCc2ccccc2)Oc2cc(C=C3C(=S)c4ccccc4C3=S)sc2-c2sc(C=C3C(=S)c4ccccc4C3=S)cc21. The van der Waals surface area contributed by atoms with Gasteiger partial charge in [0.2, 0.25) is 0 Å². The molecule has 0 amide bonds. The first kappa shape index (κ1) is 36.5. The highest BCUT2D eigenvalue weighted by Gasteiger charge is 2.58. The Labute approximate surface area is 351 Å². The van der Waals surface area contributed by atoms with Crippen molar-refractivity contribution in [1.82, 2.24) is 0 Å². The van der Waals surface area contributed by atoms with Crippen LogP contribution in [0.2, 0.25) is 0 Å². The maximum absolute atomic E-state index is 14.7. The van der Waals surface area contributed by atoms with Gasteiger partial charge in [-0.25, -0.2) is 9.59 Å². The zero-order valence-electron chi connectivity index (χ0n) is 29.1. The van der Waals surface area contributed by atoms with E-state index in [4.69, 9.17) is 63.1 Å². The number of carbonyl (C=O) groups excluding carboxylic acids is 2. The van der Waals surface area contributed by atoms with Crippen molar-refractivity contribution >= 4 is 115 Å². The highest BCUT2D eigenvalue weighted by atomic mass is 32.1. The number of ether oxygens (including phenoxy) is 3. The number of thiophene rings is 2. The summed E-state index contributed by atoms with van der Waals surface area (Å²) >= 11 is 26.4. The van der Waals surface area contributed by atoms with Crippen LogP contribution >= 0.6 is 71.5 Å². The van der Waals surface area contributed by atoms with Gasteiger partial charge in [0, 0.05) is 48.7 Å². The maximum Gasteiger partial charge on any atom is 0.367 e. The fraction of sp³-hybridized carbons (Fsp3) is 0.0667. The van der Waals surface area contributed by atoms with Crippen LogP contribution in [0.3, 0.4) is 0 Å². The minimum Gasteiger partial charge on any atom is -0.458 e. The molecule has 5 nitrogen and oxygen atoms in total. The van der Waals surface area contributed by atoms with Crippen LogP contribution in [-0.4, -0.2) is 31.4 Å². The van der Waals surface area contributed by atoms with E-state index < -0.39 is 17.5 Å². The minimum atomic E-state index is -2.31. The summed E-state index contributed by atoms with van der Waals surface area (Å²) in [4.78, 5) is 34.9. The molecule has 3 heterocycles. The highest BCUT2D eigenvalue weighted by Crippen LogP contribution is 2.54. The fourth-order valence-corrected chi connectivity index (χ4v) is 10.8. The predicted octanol–water partition coefficient (Wildman–Crippen LogP) is 10.6. The molecule has 0 radical (unpaired) electrons. The first-order chi connectivity index (χ1) is 27.2. The van der Waals surface area contributed by atoms with E-state index in [2.05, 4.69) is 0 Å². The number of allylic oxidation sites excluding steroid dienone is 2. The van der Waals surface area contributed by atoms with Crippen LogP contribution in [0, 0.1) is 0 Å². The summed E-state index contributed by atoms with van der Waals surface area (Å²) < 4.78 is 18.6. The molecule has 0 atom stereocenters. The first-order valence-corrected chi connectivity index (χ1v) is 20.7. The number of esters is 2. The van der Waals surface area contributed by atoms with Gasteiger partial charge in [0.05, 0.1) is 29.2 Å². The molecule has 272 valence electrons. The molecule has 2 aliphatic carbocycles. The van der Waals surface area contributed by atoms with Gasteiger partial charge in [-0.15, -0.1) is 22.7 Å². The van der Waals surface area contributed by atoms with Crippen molar-refractivity contribution in [2.24, 2.45) is 0 Å². The smallest absolute Gasteiger partial charge is 0.367 e. The van der Waals surface area contributed by atoms with Crippen LogP contribution in [-0.2, 0) is 37.9 Å². The van der Waals surface area contributed by atoms with Gasteiger partial charge >= 0.3 is 17.5 Å². The summed E-state index contributed by atoms with van der Waals surface area (Å²) in [5, 5.41) is 0. The third-order valence-electron chi connectivity index (χ3n) is 9.70. The topological polar surface area (TPSA) is 61.8 Å². The molecule has 0 saturated carbocycles. The molecule has 6 aromatic rings. The number of fused-ring (bicyclic) bond motifs is 5. The van der Waals surface area contributed by atoms with E-state index in [-0.39, 0.29) is 13.2 Å². The molecule has 0 N–H and O–H groups in total. The number of hydrogen-bond donors (Lipinski definition) is 0. The molecule has 1 aliphatic heterocycles. The number of benzene rings is 4. The molecule has 56 heavy (non-hydrogen) atoms. The molecule has 0 saturated heterocycles. The molecule has 3 aliphatic rings.